The molecule has 24 heavy (non-hydrogen) atoms. The first-order chi connectivity index (χ1) is 11.5. The average molecular weight is 344 g/mol. The summed E-state index contributed by atoms with van der Waals surface area (Å²) in [5.41, 5.74) is 3.01. The number of sulfonamides is 1. The Bertz CT molecular complexity index is 754. The predicted octanol–water partition coefficient (Wildman–Crippen LogP) is 2.90. The van der Waals surface area contributed by atoms with Crippen molar-refractivity contribution in [1.29, 1.82) is 0 Å². The van der Waals surface area contributed by atoms with Crippen molar-refractivity contribution in [3.63, 3.8) is 0 Å². The van der Waals surface area contributed by atoms with E-state index in [0.717, 1.165) is 17.7 Å². The fourth-order valence-electron chi connectivity index (χ4n) is 2.56. The van der Waals surface area contributed by atoms with Gasteiger partial charge in [0.1, 0.15) is 0 Å². The molecule has 1 aliphatic rings. The number of nitrogens with zero attached hydrogens (tertiary/aromatic N) is 1. The summed E-state index contributed by atoms with van der Waals surface area (Å²) in [5, 5.41) is 3.46. The summed E-state index contributed by atoms with van der Waals surface area (Å²) in [6.45, 7) is 1.25. The molecule has 0 aromatic heterocycles. The maximum atomic E-state index is 12.5. The Morgan fingerprint density at radius 1 is 0.958 bits per heavy atom. The van der Waals surface area contributed by atoms with Gasteiger partial charge in [-0.05, 0) is 29.5 Å². The van der Waals surface area contributed by atoms with Gasteiger partial charge in [-0.25, -0.2) is 12.7 Å². The molecular weight excluding hydrogens is 320 g/mol. The second-order valence-electron chi connectivity index (χ2n) is 6.47. The SMILES string of the molecule is CN(Cc1ccccc1)S(=O)(=O)Cc1ccc(CNC2CC2)cc1. The van der Waals surface area contributed by atoms with E-state index in [1.165, 1.54) is 22.7 Å². The molecule has 0 spiro atoms. The van der Waals surface area contributed by atoms with Crippen LogP contribution in [0.25, 0.3) is 0 Å². The average Bonchev–Trinajstić information content (AvgIpc) is 3.39. The van der Waals surface area contributed by atoms with E-state index in [0.29, 0.717) is 12.6 Å². The van der Waals surface area contributed by atoms with Crippen LogP contribution in [0.15, 0.2) is 54.6 Å². The molecule has 2 aromatic rings. The van der Waals surface area contributed by atoms with Crippen molar-refractivity contribution in [2.75, 3.05) is 7.05 Å². The van der Waals surface area contributed by atoms with Gasteiger partial charge in [0.15, 0.2) is 0 Å². The van der Waals surface area contributed by atoms with Crippen molar-refractivity contribution < 1.29 is 8.42 Å². The molecule has 1 fully saturated rings. The second-order valence-corrected chi connectivity index (χ2v) is 8.55. The molecule has 0 heterocycles. The molecule has 0 aliphatic heterocycles. The highest BCUT2D eigenvalue weighted by atomic mass is 32.2. The van der Waals surface area contributed by atoms with Crippen LogP contribution in [0.5, 0.6) is 0 Å². The van der Waals surface area contributed by atoms with E-state index in [2.05, 4.69) is 5.32 Å². The van der Waals surface area contributed by atoms with Gasteiger partial charge in [-0.2, -0.15) is 0 Å². The van der Waals surface area contributed by atoms with E-state index >= 15 is 0 Å². The Hall–Kier alpha value is -1.69. The van der Waals surface area contributed by atoms with Crippen molar-refractivity contribution in [1.82, 2.24) is 9.62 Å². The smallest absolute Gasteiger partial charge is 0.218 e. The lowest BCUT2D eigenvalue weighted by Crippen LogP contribution is -2.27. The van der Waals surface area contributed by atoms with Crippen molar-refractivity contribution in [3.05, 3.63) is 71.3 Å². The zero-order chi connectivity index (χ0) is 17.0. The monoisotopic (exact) mass is 344 g/mol. The topological polar surface area (TPSA) is 49.4 Å². The van der Waals surface area contributed by atoms with Gasteiger partial charge in [0.2, 0.25) is 10.0 Å². The van der Waals surface area contributed by atoms with E-state index in [1.807, 2.05) is 54.6 Å². The molecule has 0 saturated heterocycles. The molecule has 1 N–H and O–H groups in total. The summed E-state index contributed by atoms with van der Waals surface area (Å²) < 4.78 is 26.5. The van der Waals surface area contributed by atoms with E-state index in [1.54, 1.807) is 7.05 Å². The molecular formula is C19H24N2O2S. The van der Waals surface area contributed by atoms with Crippen LogP contribution in [0, 0.1) is 0 Å². The molecule has 4 nitrogen and oxygen atoms in total. The lowest BCUT2D eigenvalue weighted by molar-refractivity contribution is 0.466. The molecule has 0 bridgehead atoms. The van der Waals surface area contributed by atoms with Gasteiger partial charge in [-0.15, -0.1) is 0 Å². The van der Waals surface area contributed by atoms with Crippen LogP contribution >= 0.6 is 0 Å². The summed E-state index contributed by atoms with van der Waals surface area (Å²) in [6.07, 6.45) is 2.54. The van der Waals surface area contributed by atoms with Crippen LogP contribution in [0.1, 0.15) is 29.5 Å². The molecule has 0 amide bonds. The first kappa shape index (κ1) is 17.1. The molecule has 2 aromatic carbocycles. The Morgan fingerprint density at radius 2 is 1.58 bits per heavy atom. The Morgan fingerprint density at radius 3 is 2.21 bits per heavy atom. The first-order valence-corrected chi connectivity index (χ1v) is 9.93. The van der Waals surface area contributed by atoms with Crippen LogP contribution < -0.4 is 5.32 Å². The Kier molecular flexibility index (Phi) is 5.33. The molecule has 0 radical (unpaired) electrons. The van der Waals surface area contributed by atoms with Gasteiger partial charge in [0.25, 0.3) is 0 Å². The quantitative estimate of drug-likeness (QED) is 0.801. The fourth-order valence-corrected chi connectivity index (χ4v) is 3.74. The molecule has 5 heteroatoms. The number of hydrogen-bond donors (Lipinski definition) is 1. The van der Waals surface area contributed by atoms with Gasteiger partial charge >= 0.3 is 0 Å². The van der Waals surface area contributed by atoms with Crippen LogP contribution in [-0.2, 0) is 28.9 Å². The zero-order valence-electron chi connectivity index (χ0n) is 14.0. The standard InChI is InChI=1S/C19H24N2O2S/c1-21(14-17-5-3-2-4-6-17)24(22,23)15-18-9-7-16(8-10-18)13-20-19-11-12-19/h2-10,19-20H,11-15H2,1H3. The van der Waals surface area contributed by atoms with Crippen LogP contribution in [-0.4, -0.2) is 25.8 Å². The zero-order valence-corrected chi connectivity index (χ0v) is 14.8. The van der Waals surface area contributed by atoms with E-state index in [-0.39, 0.29) is 5.75 Å². The third kappa shape index (κ3) is 4.90. The van der Waals surface area contributed by atoms with Gasteiger partial charge < -0.3 is 5.32 Å². The highest BCUT2D eigenvalue weighted by molar-refractivity contribution is 7.88. The minimum atomic E-state index is -3.32. The van der Waals surface area contributed by atoms with Crippen molar-refractivity contribution in [2.45, 2.75) is 37.7 Å². The molecule has 128 valence electrons. The lowest BCUT2D eigenvalue weighted by Gasteiger charge is -2.17. The maximum absolute atomic E-state index is 12.5. The summed E-state index contributed by atoms with van der Waals surface area (Å²) in [4.78, 5) is 0. The lowest BCUT2D eigenvalue weighted by atomic mass is 10.1. The van der Waals surface area contributed by atoms with Gasteiger partial charge in [0, 0.05) is 26.2 Å². The largest absolute Gasteiger partial charge is 0.310 e. The Labute approximate surface area is 144 Å². The highest BCUT2D eigenvalue weighted by Crippen LogP contribution is 2.19. The Balaban J connectivity index is 1.58. The first-order valence-electron chi connectivity index (χ1n) is 8.32. The normalized spacial score (nSPS) is 14.9. The third-order valence-electron chi connectivity index (χ3n) is 4.27. The summed E-state index contributed by atoms with van der Waals surface area (Å²) in [5.74, 6) is 0.0344. The summed E-state index contributed by atoms with van der Waals surface area (Å²) >= 11 is 0. The van der Waals surface area contributed by atoms with E-state index in [4.69, 9.17) is 0 Å². The van der Waals surface area contributed by atoms with Gasteiger partial charge in [0.05, 0.1) is 5.75 Å². The second kappa shape index (κ2) is 7.47. The molecule has 3 rings (SSSR count). The number of hydrogen-bond acceptors (Lipinski definition) is 3. The minimum absolute atomic E-state index is 0.0344. The number of benzene rings is 2. The molecule has 0 atom stereocenters. The van der Waals surface area contributed by atoms with Gasteiger partial charge in [-0.3, -0.25) is 0 Å². The molecule has 0 unspecified atom stereocenters. The minimum Gasteiger partial charge on any atom is -0.310 e. The van der Waals surface area contributed by atoms with E-state index in [9.17, 15) is 8.42 Å². The van der Waals surface area contributed by atoms with Crippen molar-refractivity contribution >= 4 is 10.0 Å². The summed E-state index contributed by atoms with van der Waals surface area (Å²) in [6, 6.07) is 18.2. The van der Waals surface area contributed by atoms with Crippen LogP contribution in [0.4, 0.5) is 0 Å². The van der Waals surface area contributed by atoms with E-state index < -0.39 is 10.0 Å². The molecule has 1 aliphatic carbocycles. The third-order valence-corrected chi connectivity index (χ3v) is 6.04. The summed E-state index contributed by atoms with van der Waals surface area (Å²) in [7, 11) is -1.69. The van der Waals surface area contributed by atoms with Crippen LogP contribution in [0.2, 0.25) is 0 Å². The van der Waals surface area contributed by atoms with Crippen LogP contribution in [0.3, 0.4) is 0 Å². The maximum Gasteiger partial charge on any atom is 0.218 e. The fraction of sp³-hybridized carbons (Fsp3) is 0.368. The number of rotatable bonds is 8. The van der Waals surface area contributed by atoms with Crippen molar-refractivity contribution in [3.8, 4) is 0 Å². The highest BCUT2D eigenvalue weighted by Gasteiger charge is 2.20. The predicted molar refractivity (Wildman–Crippen MR) is 96.8 cm³/mol. The van der Waals surface area contributed by atoms with Crippen molar-refractivity contribution in [2.24, 2.45) is 0 Å². The van der Waals surface area contributed by atoms with Gasteiger partial charge in [-0.1, -0.05) is 54.6 Å². The molecule has 1 saturated carbocycles. The number of nitrogens with one attached hydrogen (secondary N) is 1.